The number of benzene rings is 1. The highest BCUT2D eigenvalue weighted by molar-refractivity contribution is 14.1. The summed E-state index contributed by atoms with van der Waals surface area (Å²) in [5, 5.41) is 13.1. The summed E-state index contributed by atoms with van der Waals surface area (Å²) >= 11 is 2.31. The zero-order valence-corrected chi connectivity index (χ0v) is 12.3. The summed E-state index contributed by atoms with van der Waals surface area (Å²) in [5.74, 6) is 0. The van der Waals surface area contributed by atoms with E-state index in [1.165, 1.54) is 9.13 Å². The van der Waals surface area contributed by atoms with Crippen LogP contribution in [-0.2, 0) is 5.54 Å². The zero-order valence-electron chi connectivity index (χ0n) is 10.1. The van der Waals surface area contributed by atoms with Gasteiger partial charge in [0.25, 0.3) is 0 Å². The molecule has 2 N–H and O–H groups in total. The first-order valence-electron chi connectivity index (χ1n) is 5.99. The van der Waals surface area contributed by atoms with Crippen LogP contribution in [0.4, 0.5) is 0 Å². The molecule has 2 rings (SSSR count). The lowest BCUT2D eigenvalue weighted by molar-refractivity contribution is 0.0311. The van der Waals surface area contributed by atoms with E-state index in [9.17, 15) is 5.11 Å². The van der Waals surface area contributed by atoms with Crippen LogP contribution < -0.4 is 5.32 Å². The van der Waals surface area contributed by atoms with E-state index >= 15 is 0 Å². The van der Waals surface area contributed by atoms with Gasteiger partial charge >= 0.3 is 0 Å². The number of piperazine rings is 1. The molecule has 1 heterocycles. The van der Waals surface area contributed by atoms with Gasteiger partial charge in [-0.15, -0.1) is 0 Å². The van der Waals surface area contributed by atoms with Gasteiger partial charge in [-0.2, -0.15) is 0 Å². The normalized spacial score (nSPS) is 21.1. The van der Waals surface area contributed by atoms with Gasteiger partial charge in [0.1, 0.15) is 0 Å². The molecule has 1 atom stereocenters. The Morgan fingerprint density at radius 3 is 2.41 bits per heavy atom. The van der Waals surface area contributed by atoms with Crippen molar-refractivity contribution >= 4 is 22.6 Å². The molecule has 1 saturated heterocycles. The Bertz CT molecular complexity index is 362. The molecule has 0 aromatic heterocycles. The maximum Gasteiger partial charge on any atom is 0.0666 e. The van der Waals surface area contributed by atoms with Crippen LogP contribution in [0.3, 0.4) is 0 Å². The van der Waals surface area contributed by atoms with Gasteiger partial charge in [0.15, 0.2) is 0 Å². The number of nitrogens with zero attached hydrogens (tertiary/aromatic N) is 1. The van der Waals surface area contributed by atoms with Crippen LogP contribution in [0.25, 0.3) is 0 Å². The molecule has 0 spiro atoms. The van der Waals surface area contributed by atoms with Crippen LogP contribution in [0.2, 0.25) is 0 Å². The Morgan fingerprint density at radius 2 is 1.88 bits per heavy atom. The first kappa shape index (κ1) is 13.3. The Morgan fingerprint density at radius 1 is 1.29 bits per heavy atom. The molecular formula is C13H19IN2O. The van der Waals surface area contributed by atoms with E-state index in [4.69, 9.17) is 0 Å². The highest BCUT2D eigenvalue weighted by Gasteiger charge is 2.33. The molecule has 17 heavy (non-hydrogen) atoms. The lowest BCUT2D eigenvalue weighted by Gasteiger charge is -2.43. The molecule has 94 valence electrons. The Hall–Kier alpha value is -0.170. The van der Waals surface area contributed by atoms with E-state index in [-0.39, 0.29) is 12.1 Å². The molecule has 3 nitrogen and oxygen atoms in total. The van der Waals surface area contributed by atoms with E-state index in [0.717, 1.165) is 26.2 Å². The molecule has 0 amide bonds. The number of rotatable bonds is 3. The molecule has 1 aliphatic heterocycles. The van der Waals surface area contributed by atoms with Gasteiger partial charge in [0, 0.05) is 29.7 Å². The number of nitrogens with one attached hydrogen (secondary N) is 1. The summed E-state index contributed by atoms with van der Waals surface area (Å²) in [4.78, 5) is 2.37. The van der Waals surface area contributed by atoms with Crippen LogP contribution in [0.5, 0.6) is 0 Å². The van der Waals surface area contributed by atoms with Crippen molar-refractivity contribution in [3.8, 4) is 0 Å². The molecule has 0 bridgehead atoms. The predicted octanol–water partition coefficient (Wildman–Crippen LogP) is 1.40. The first-order chi connectivity index (χ1) is 8.16. The van der Waals surface area contributed by atoms with Crippen molar-refractivity contribution in [3.63, 3.8) is 0 Å². The molecule has 1 aromatic carbocycles. The average molecular weight is 346 g/mol. The third-order valence-electron chi connectivity index (χ3n) is 3.59. The van der Waals surface area contributed by atoms with E-state index < -0.39 is 0 Å². The van der Waals surface area contributed by atoms with Crippen LogP contribution in [-0.4, -0.2) is 42.8 Å². The SMILES string of the molecule is CC(CO)(c1ccc(I)cc1)N1CCNCC1. The number of halogens is 1. The summed E-state index contributed by atoms with van der Waals surface area (Å²) in [5.41, 5.74) is 0.939. The maximum atomic E-state index is 9.80. The third-order valence-corrected chi connectivity index (χ3v) is 4.31. The van der Waals surface area contributed by atoms with E-state index in [0.29, 0.717) is 0 Å². The van der Waals surface area contributed by atoms with Gasteiger partial charge in [0.05, 0.1) is 12.1 Å². The van der Waals surface area contributed by atoms with Crippen LogP contribution in [0.1, 0.15) is 12.5 Å². The molecular weight excluding hydrogens is 327 g/mol. The van der Waals surface area contributed by atoms with Crippen LogP contribution in [0.15, 0.2) is 24.3 Å². The molecule has 1 unspecified atom stereocenters. The first-order valence-corrected chi connectivity index (χ1v) is 7.07. The minimum absolute atomic E-state index is 0.160. The van der Waals surface area contributed by atoms with Crippen LogP contribution >= 0.6 is 22.6 Å². The van der Waals surface area contributed by atoms with Crippen molar-refractivity contribution in [1.82, 2.24) is 10.2 Å². The topological polar surface area (TPSA) is 35.5 Å². The lowest BCUT2D eigenvalue weighted by atomic mass is 9.90. The highest BCUT2D eigenvalue weighted by Crippen LogP contribution is 2.28. The summed E-state index contributed by atoms with van der Waals surface area (Å²) in [6.45, 7) is 6.26. The summed E-state index contributed by atoms with van der Waals surface area (Å²) < 4.78 is 1.23. The molecule has 0 aliphatic carbocycles. The van der Waals surface area contributed by atoms with E-state index in [1.807, 2.05) is 0 Å². The van der Waals surface area contributed by atoms with Gasteiger partial charge in [-0.3, -0.25) is 4.90 Å². The van der Waals surface area contributed by atoms with Crippen molar-refractivity contribution < 1.29 is 5.11 Å². The number of hydrogen-bond acceptors (Lipinski definition) is 3. The molecule has 0 radical (unpaired) electrons. The standard InChI is InChI=1S/C13H19IN2O/c1-13(10-17,16-8-6-15-7-9-16)11-2-4-12(14)5-3-11/h2-5,15,17H,6-10H2,1H3. The molecule has 0 saturated carbocycles. The smallest absolute Gasteiger partial charge is 0.0666 e. The van der Waals surface area contributed by atoms with Gasteiger partial charge < -0.3 is 10.4 Å². The second-order valence-corrected chi connectivity index (χ2v) is 5.92. The van der Waals surface area contributed by atoms with Crippen molar-refractivity contribution in [2.24, 2.45) is 0 Å². The second-order valence-electron chi connectivity index (χ2n) is 4.68. The molecule has 4 heteroatoms. The quantitative estimate of drug-likeness (QED) is 0.813. The fraction of sp³-hybridized carbons (Fsp3) is 0.538. The zero-order chi connectivity index (χ0) is 12.3. The summed E-state index contributed by atoms with van der Waals surface area (Å²) in [6, 6.07) is 8.46. The largest absolute Gasteiger partial charge is 0.394 e. The summed E-state index contributed by atoms with van der Waals surface area (Å²) in [7, 11) is 0. The Balaban J connectivity index is 2.25. The highest BCUT2D eigenvalue weighted by atomic mass is 127. The monoisotopic (exact) mass is 346 g/mol. The second kappa shape index (κ2) is 5.65. The van der Waals surface area contributed by atoms with E-state index in [1.54, 1.807) is 0 Å². The molecule has 1 aromatic rings. The van der Waals surface area contributed by atoms with Gasteiger partial charge in [-0.05, 0) is 47.2 Å². The Labute approximate surface area is 116 Å². The molecule has 1 aliphatic rings. The van der Waals surface area contributed by atoms with Crippen molar-refractivity contribution in [1.29, 1.82) is 0 Å². The van der Waals surface area contributed by atoms with E-state index in [2.05, 4.69) is 64.0 Å². The maximum absolute atomic E-state index is 9.80. The van der Waals surface area contributed by atoms with Crippen LogP contribution in [0, 0.1) is 3.57 Å². The fourth-order valence-corrected chi connectivity index (χ4v) is 2.70. The summed E-state index contributed by atoms with van der Waals surface area (Å²) in [6.07, 6.45) is 0. The molecule has 1 fully saturated rings. The van der Waals surface area contributed by atoms with Crippen molar-refractivity contribution in [2.75, 3.05) is 32.8 Å². The minimum Gasteiger partial charge on any atom is -0.394 e. The Kier molecular flexibility index (Phi) is 4.41. The van der Waals surface area contributed by atoms with Gasteiger partial charge in [0.2, 0.25) is 0 Å². The number of hydrogen-bond donors (Lipinski definition) is 2. The predicted molar refractivity (Wildman–Crippen MR) is 78.0 cm³/mol. The average Bonchev–Trinajstić information content (AvgIpc) is 2.40. The van der Waals surface area contributed by atoms with Gasteiger partial charge in [-0.1, -0.05) is 12.1 Å². The third kappa shape index (κ3) is 2.81. The van der Waals surface area contributed by atoms with Crippen molar-refractivity contribution in [2.45, 2.75) is 12.5 Å². The van der Waals surface area contributed by atoms with Crippen molar-refractivity contribution in [3.05, 3.63) is 33.4 Å². The number of aliphatic hydroxyl groups excluding tert-OH is 1. The fourth-order valence-electron chi connectivity index (χ4n) is 2.34. The number of aliphatic hydroxyl groups is 1. The minimum atomic E-state index is -0.257. The lowest BCUT2D eigenvalue weighted by Crippen LogP contribution is -2.54. The van der Waals surface area contributed by atoms with Gasteiger partial charge in [-0.25, -0.2) is 0 Å².